The Bertz CT molecular complexity index is 472. The molecule has 0 aromatic rings. The lowest BCUT2D eigenvalue weighted by Crippen LogP contribution is -2.33. The van der Waals surface area contributed by atoms with Gasteiger partial charge in [-0.05, 0) is 25.2 Å². The normalized spacial score (nSPS) is 22.2. The molecule has 3 heterocycles. The van der Waals surface area contributed by atoms with E-state index in [2.05, 4.69) is 15.0 Å². The second-order valence-corrected chi connectivity index (χ2v) is 3.15. The third-order valence-electron chi connectivity index (χ3n) is 2.16. The fraction of sp³-hybridized carbons (Fsp3) is 0.100. The van der Waals surface area contributed by atoms with Crippen molar-refractivity contribution in [1.29, 1.82) is 0 Å². The molecule has 0 fully saturated rings. The number of hydrogen-bond acceptors (Lipinski definition) is 4. The van der Waals surface area contributed by atoms with Gasteiger partial charge in [-0.15, -0.1) is 0 Å². The van der Waals surface area contributed by atoms with Gasteiger partial charge in [0.1, 0.15) is 23.3 Å². The van der Waals surface area contributed by atoms with Crippen molar-refractivity contribution in [3.63, 3.8) is 0 Å². The third kappa shape index (κ3) is 0.907. The van der Waals surface area contributed by atoms with Gasteiger partial charge in [0, 0.05) is 6.21 Å². The van der Waals surface area contributed by atoms with E-state index >= 15 is 0 Å². The minimum absolute atomic E-state index is 0.781. The average Bonchev–Trinajstić information content (AvgIpc) is 2.18. The highest BCUT2D eigenvalue weighted by Gasteiger charge is 2.25. The summed E-state index contributed by atoms with van der Waals surface area (Å²) >= 11 is 0. The zero-order chi connectivity index (χ0) is 9.54. The van der Waals surface area contributed by atoms with E-state index in [0.29, 0.717) is 0 Å². The van der Waals surface area contributed by atoms with E-state index in [1.165, 1.54) is 0 Å². The van der Waals surface area contributed by atoms with Gasteiger partial charge in [0.05, 0.1) is 0 Å². The van der Waals surface area contributed by atoms with E-state index in [9.17, 15) is 0 Å². The lowest BCUT2D eigenvalue weighted by Gasteiger charge is -2.30. The van der Waals surface area contributed by atoms with Crippen LogP contribution in [-0.2, 0) is 0 Å². The van der Waals surface area contributed by atoms with E-state index < -0.39 is 0 Å². The van der Waals surface area contributed by atoms with Crippen LogP contribution in [0.3, 0.4) is 0 Å². The third-order valence-corrected chi connectivity index (χ3v) is 2.16. The predicted molar refractivity (Wildman–Crippen MR) is 56.2 cm³/mol. The molecule has 0 radical (unpaired) electrons. The summed E-state index contributed by atoms with van der Waals surface area (Å²) in [5.41, 5.74) is 0. The minimum Gasteiger partial charge on any atom is -0.262 e. The molecule has 0 aromatic carbocycles. The summed E-state index contributed by atoms with van der Waals surface area (Å²) in [7, 11) is 0. The maximum Gasteiger partial charge on any atom is 0.143 e. The number of amidine groups is 2. The van der Waals surface area contributed by atoms with Gasteiger partial charge in [-0.1, -0.05) is 6.08 Å². The highest BCUT2D eigenvalue weighted by Crippen LogP contribution is 2.25. The summed E-state index contributed by atoms with van der Waals surface area (Å²) in [6.07, 6.45) is 9.49. The quantitative estimate of drug-likeness (QED) is 0.561. The molecular formula is C10H8N4. The molecule has 0 atom stereocenters. The van der Waals surface area contributed by atoms with Gasteiger partial charge in [-0.3, -0.25) is 4.90 Å². The standard InChI is InChI=1S/C10H8N4/c1-7-12-9-4-2-3-8-11-6-5-10(13-7)14(8)9/h2-6H,1H3. The summed E-state index contributed by atoms with van der Waals surface area (Å²) in [5.74, 6) is 3.43. The monoisotopic (exact) mass is 184 g/mol. The SMILES string of the molecule is CC1=NC2=CC=NC3=CC=CC(=N1)N32. The van der Waals surface area contributed by atoms with Crippen molar-refractivity contribution < 1.29 is 0 Å². The van der Waals surface area contributed by atoms with Crippen LogP contribution < -0.4 is 0 Å². The Hall–Kier alpha value is -1.97. The summed E-state index contributed by atoms with van der Waals surface area (Å²) < 4.78 is 0. The first-order valence-electron chi connectivity index (χ1n) is 4.41. The molecule has 0 N–H and O–H groups in total. The molecule has 0 aliphatic carbocycles. The first-order chi connectivity index (χ1) is 6.84. The van der Waals surface area contributed by atoms with Crippen molar-refractivity contribution in [3.8, 4) is 0 Å². The average molecular weight is 184 g/mol. The van der Waals surface area contributed by atoms with E-state index in [1.807, 2.05) is 36.1 Å². The molecule has 0 unspecified atom stereocenters. The van der Waals surface area contributed by atoms with Crippen LogP contribution >= 0.6 is 0 Å². The van der Waals surface area contributed by atoms with Gasteiger partial charge >= 0.3 is 0 Å². The van der Waals surface area contributed by atoms with Crippen molar-refractivity contribution in [1.82, 2.24) is 4.90 Å². The van der Waals surface area contributed by atoms with Crippen LogP contribution in [0.25, 0.3) is 0 Å². The molecule has 4 nitrogen and oxygen atoms in total. The van der Waals surface area contributed by atoms with Gasteiger partial charge in [-0.2, -0.15) is 0 Å². The Kier molecular flexibility index (Phi) is 1.33. The molecule has 0 bridgehead atoms. The molecule has 3 rings (SSSR count). The molecular weight excluding hydrogens is 176 g/mol. The zero-order valence-electron chi connectivity index (χ0n) is 7.68. The predicted octanol–water partition coefficient (Wildman–Crippen LogP) is 1.46. The van der Waals surface area contributed by atoms with Crippen LogP contribution in [-0.4, -0.2) is 22.8 Å². The lowest BCUT2D eigenvalue weighted by molar-refractivity contribution is 0.602. The van der Waals surface area contributed by atoms with Crippen LogP contribution in [0, 0.1) is 0 Å². The highest BCUT2D eigenvalue weighted by molar-refractivity contribution is 6.07. The molecule has 0 amide bonds. The molecule has 3 aliphatic rings. The van der Waals surface area contributed by atoms with Crippen molar-refractivity contribution in [2.75, 3.05) is 0 Å². The van der Waals surface area contributed by atoms with Crippen molar-refractivity contribution in [2.24, 2.45) is 15.0 Å². The largest absolute Gasteiger partial charge is 0.262 e. The van der Waals surface area contributed by atoms with Gasteiger partial charge in [0.25, 0.3) is 0 Å². The molecule has 3 aliphatic heterocycles. The number of allylic oxidation sites excluding steroid dienone is 3. The number of aliphatic imine (C=N–C) groups is 3. The number of nitrogens with zero attached hydrogens (tertiary/aromatic N) is 4. The van der Waals surface area contributed by atoms with Crippen molar-refractivity contribution >= 4 is 17.9 Å². The second-order valence-electron chi connectivity index (χ2n) is 3.15. The van der Waals surface area contributed by atoms with Crippen molar-refractivity contribution in [2.45, 2.75) is 6.92 Å². The Balaban J connectivity index is 2.23. The van der Waals surface area contributed by atoms with Gasteiger partial charge in [0.15, 0.2) is 0 Å². The molecule has 0 aromatic heterocycles. The van der Waals surface area contributed by atoms with E-state index in [0.717, 1.165) is 23.3 Å². The van der Waals surface area contributed by atoms with Gasteiger partial charge in [0.2, 0.25) is 0 Å². The Morgan fingerprint density at radius 1 is 1.14 bits per heavy atom. The maximum atomic E-state index is 4.34. The highest BCUT2D eigenvalue weighted by atomic mass is 15.4. The Morgan fingerprint density at radius 2 is 2.07 bits per heavy atom. The molecule has 14 heavy (non-hydrogen) atoms. The van der Waals surface area contributed by atoms with Crippen LogP contribution in [0.4, 0.5) is 0 Å². The molecule has 4 heteroatoms. The first kappa shape index (κ1) is 7.44. The Labute approximate surface area is 81.4 Å². The smallest absolute Gasteiger partial charge is 0.143 e. The van der Waals surface area contributed by atoms with Crippen LogP contribution in [0.5, 0.6) is 0 Å². The number of hydrogen-bond donors (Lipinski definition) is 0. The van der Waals surface area contributed by atoms with E-state index in [1.54, 1.807) is 6.21 Å². The van der Waals surface area contributed by atoms with Crippen LogP contribution in [0.2, 0.25) is 0 Å². The van der Waals surface area contributed by atoms with E-state index in [-0.39, 0.29) is 0 Å². The van der Waals surface area contributed by atoms with Gasteiger partial charge < -0.3 is 0 Å². The zero-order valence-corrected chi connectivity index (χ0v) is 7.68. The van der Waals surface area contributed by atoms with Crippen molar-refractivity contribution in [3.05, 3.63) is 35.9 Å². The summed E-state index contributed by atoms with van der Waals surface area (Å²) in [6, 6.07) is 0. The Morgan fingerprint density at radius 3 is 3.00 bits per heavy atom. The second kappa shape index (κ2) is 2.51. The summed E-state index contributed by atoms with van der Waals surface area (Å²) in [6.45, 7) is 1.89. The molecule has 0 saturated heterocycles. The number of rotatable bonds is 0. The topological polar surface area (TPSA) is 40.3 Å². The van der Waals surface area contributed by atoms with Crippen LogP contribution in [0.15, 0.2) is 50.9 Å². The summed E-state index contributed by atoms with van der Waals surface area (Å²) in [4.78, 5) is 14.9. The van der Waals surface area contributed by atoms with E-state index in [4.69, 9.17) is 0 Å². The fourth-order valence-electron chi connectivity index (χ4n) is 1.61. The summed E-state index contributed by atoms with van der Waals surface area (Å²) in [5, 5.41) is 0. The minimum atomic E-state index is 0.781. The molecule has 68 valence electrons. The molecule has 0 saturated carbocycles. The first-order valence-corrected chi connectivity index (χ1v) is 4.41. The molecule has 0 spiro atoms. The van der Waals surface area contributed by atoms with Crippen LogP contribution in [0.1, 0.15) is 6.92 Å². The maximum absolute atomic E-state index is 4.34. The lowest BCUT2D eigenvalue weighted by atomic mass is 10.2. The van der Waals surface area contributed by atoms with Gasteiger partial charge in [-0.25, -0.2) is 15.0 Å². The fourth-order valence-corrected chi connectivity index (χ4v) is 1.61.